The second-order valence-corrected chi connectivity index (χ2v) is 7.16. The van der Waals surface area contributed by atoms with Crippen LogP contribution in [0.1, 0.15) is 26.3 Å². The van der Waals surface area contributed by atoms with Gasteiger partial charge in [0, 0.05) is 19.0 Å². The Hall–Kier alpha value is -2.28. The van der Waals surface area contributed by atoms with Crippen LogP contribution in [-0.4, -0.2) is 53.5 Å². The molecule has 0 radical (unpaired) electrons. The topological polar surface area (TPSA) is 88.1 Å². The van der Waals surface area contributed by atoms with Gasteiger partial charge in [-0.15, -0.1) is 0 Å². The molecule has 1 fully saturated rings. The molecule has 7 nitrogen and oxygen atoms in total. The molecule has 1 aliphatic rings. The van der Waals surface area contributed by atoms with E-state index in [9.17, 15) is 14.7 Å². The Labute approximate surface area is 147 Å². The highest BCUT2D eigenvalue weighted by Gasteiger charge is 2.36. The molecule has 2 N–H and O–H groups in total. The molecule has 0 aliphatic carbocycles. The van der Waals surface area contributed by atoms with Gasteiger partial charge >= 0.3 is 12.2 Å². The zero-order valence-corrected chi connectivity index (χ0v) is 14.9. The molecule has 1 heterocycles. The van der Waals surface area contributed by atoms with Gasteiger partial charge in [0.1, 0.15) is 12.2 Å². The molecule has 7 heteroatoms. The number of hydrogen-bond acceptors (Lipinski definition) is 5. The molecule has 1 saturated heterocycles. The molecule has 25 heavy (non-hydrogen) atoms. The van der Waals surface area contributed by atoms with Crippen molar-refractivity contribution in [1.82, 2.24) is 10.2 Å². The number of amides is 2. The van der Waals surface area contributed by atoms with Crippen LogP contribution in [-0.2, 0) is 16.1 Å². The van der Waals surface area contributed by atoms with Crippen LogP contribution < -0.4 is 5.32 Å². The van der Waals surface area contributed by atoms with Crippen LogP contribution in [0.3, 0.4) is 0 Å². The maximum atomic E-state index is 12.0. The molecule has 0 spiro atoms. The molecule has 2 amide bonds. The van der Waals surface area contributed by atoms with E-state index in [0.29, 0.717) is 6.54 Å². The molecule has 2 atom stereocenters. The number of likely N-dealkylation sites (tertiary alicyclic amines) is 1. The Morgan fingerprint density at radius 1 is 1.24 bits per heavy atom. The van der Waals surface area contributed by atoms with E-state index in [-0.39, 0.29) is 25.6 Å². The van der Waals surface area contributed by atoms with E-state index < -0.39 is 23.9 Å². The van der Waals surface area contributed by atoms with Gasteiger partial charge in [-0.2, -0.15) is 0 Å². The summed E-state index contributed by atoms with van der Waals surface area (Å²) < 4.78 is 10.4. The van der Waals surface area contributed by atoms with Crippen LogP contribution in [0.2, 0.25) is 0 Å². The molecule has 138 valence electrons. The Morgan fingerprint density at radius 3 is 2.56 bits per heavy atom. The lowest BCUT2D eigenvalue weighted by Gasteiger charge is -2.24. The minimum Gasteiger partial charge on any atom is -0.445 e. The fourth-order valence-corrected chi connectivity index (χ4v) is 2.52. The van der Waals surface area contributed by atoms with Crippen molar-refractivity contribution in [2.45, 2.75) is 39.1 Å². The first-order valence-corrected chi connectivity index (χ1v) is 8.35. The third kappa shape index (κ3) is 6.26. The molecule has 2 rings (SSSR count). The van der Waals surface area contributed by atoms with E-state index in [2.05, 4.69) is 5.32 Å². The fraction of sp³-hybridized carbons (Fsp3) is 0.556. The summed E-state index contributed by atoms with van der Waals surface area (Å²) in [5.74, 6) is -0.253. The number of aliphatic hydroxyl groups is 1. The highest BCUT2D eigenvalue weighted by Crippen LogP contribution is 2.19. The fourth-order valence-electron chi connectivity index (χ4n) is 2.52. The number of β-amino-alcohol motifs (C(OH)–C–C–N with tert-alkyl or cyclic N) is 1. The average molecular weight is 350 g/mol. The van der Waals surface area contributed by atoms with E-state index in [1.54, 1.807) is 20.8 Å². The SMILES string of the molecule is CC(C)(C)OC(=O)N1CC(O)[C@@H](CNC(=O)OCc2ccccc2)C1. The van der Waals surface area contributed by atoms with Gasteiger partial charge in [0.25, 0.3) is 0 Å². The summed E-state index contributed by atoms with van der Waals surface area (Å²) in [5.41, 5.74) is 0.314. The molecule has 1 aliphatic heterocycles. The predicted molar refractivity (Wildman–Crippen MR) is 91.9 cm³/mol. The van der Waals surface area contributed by atoms with E-state index in [0.717, 1.165) is 5.56 Å². The molecule has 1 aromatic carbocycles. The van der Waals surface area contributed by atoms with Gasteiger partial charge in [-0.05, 0) is 26.3 Å². The van der Waals surface area contributed by atoms with Crippen molar-refractivity contribution in [1.29, 1.82) is 0 Å². The van der Waals surface area contributed by atoms with E-state index in [1.165, 1.54) is 4.90 Å². The first-order valence-electron chi connectivity index (χ1n) is 8.35. The average Bonchev–Trinajstić information content (AvgIpc) is 2.91. The third-order valence-corrected chi connectivity index (χ3v) is 3.78. The van der Waals surface area contributed by atoms with Crippen molar-refractivity contribution in [3.63, 3.8) is 0 Å². The highest BCUT2D eigenvalue weighted by atomic mass is 16.6. The standard InChI is InChI=1S/C18H26N2O5/c1-18(2,3)25-17(23)20-10-14(15(21)11-20)9-19-16(22)24-12-13-7-5-4-6-8-13/h4-8,14-15,21H,9-12H2,1-3H3,(H,19,22)/t14-,15?/m0/s1. The third-order valence-electron chi connectivity index (χ3n) is 3.78. The molecule has 0 aromatic heterocycles. The van der Waals surface area contributed by atoms with Crippen LogP contribution in [0.25, 0.3) is 0 Å². The Kier molecular flexibility index (Phi) is 6.25. The van der Waals surface area contributed by atoms with Crippen LogP contribution >= 0.6 is 0 Å². The minimum atomic E-state index is -0.707. The van der Waals surface area contributed by atoms with Crippen molar-refractivity contribution >= 4 is 12.2 Å². The number of hydrogen-bond donors (Lipinski definition) is 2. The number of benzene rings is 1. The lowest BCUT2D eigenvalue weighted by atomic mass is 10.1. The highest BCUT2D eigenvalue weighted by molar-refractivity contribution is 5.69. The number of alkyl carbamates (subject to hydrolysis) is 1. The number of nitrogens with one attached hydrogen (secondary N) is 1. The smallest absolute Gasteiger partial charge is 0.410 e. The second kappa shape index (κ2) is 8.20. The van der Waals surface area contributed by atoms with Crippen molar-refractivity contribution in [2.75, 3.05) is 19.6 Å². The Balaban J connectivity index is 1.73. The minimum absolute atomic E-state index is 0.184. The summed E-state index contributed by atoms with van der Waals surface area (Å²) in [4.78, 5) is 25.2. The Bertz CT molecular complexity index is 585. The zero-order chi connectivity index (χ0) is 18.4. The van der Waals surface area contributed by atoms with E-state index >= 15 is 0 Å². The summed E-state index contributed by atoms with van der Waals surface area (Å²) in [6.45, 7) is 6.31. The second-order valence-electron chi connectivity index (χ2n) is 7.16. The summed E-state index contributed by atoms with van der Waals surface area (Å²) in [6, 6.07) is 9.37. The summed E-state index contributed by atoms with van der Waals surface area (Å²) in [6.07, 6.45) is -1.71. The summed E-state index contributed by atoms with van der Waals surface area (Å²) in [7, 11) is 0. The number of aliphatic hydroxyl groups excluding tert-OH is 1. The molecular formula is C18H26N2O5. The lowest BCUT2D eigenvalue weighted by Crippen LogP contribution is -2.36. The number of carbonyl (C=O) groups is 2. The molecule has 0 bridgehead atoms. The normalized spacial score (nSPS) is 20.2. The summed E-state index contributed by atoms with van der Waals surface area (Å²) in [5, 5.41) is 12.7. The van der Waals surface area contributed by atoms with Gasteiger partial charge in [0.05, 0.1) is 12.6 Å². The van der Waals surface area contributed by atoms with Crippen molar-refractivity contribution < 1.29 is 24.2 Å². The number of carbonyl (C=O) groups excluding carboxylic acids is 2. The first-order chi connectivity index (χ1) is 11.7. The van der Waals surface area contributed by atoms with Crippen LogP contribution in [0.15, 0.2) is 30.3 Å². The van der Waals surface area contributed by atoms with Crippen LogP contribution in [0.5, 0.6) is 0 Å². The predicted octanol–water partition coefficient (Wildman–Crippen LogP) is 2.14. The van der Waals surface area contributed by atoms with Crippen molar-refractivity contribution in [3.8, 4) is 0 Å². The maximum Gasteiger partial charge on any atom is 0.410 e. The molecule has 1 aromatic rings. The van der Waals surface area contributed by atoms with Crippen molar-refractivity contribution in [3.05, 3.63) is 35.9 Å². The van der Waals surface area contributed by atoms with E-state index in [1.807, 2.05) is 30.3 Å². The van der Waals surface area contributed by atoms with Gasteiger partial charge in [-0.25, -0.2) is 9.59 Å². The number of rotatable bonds is 4. The Morgan fingerprint density at radius 2 is 1.92 bits per heavy atom. The van der Waals surface area contributed by atoms with Crippen molar-refractivity contribution in [2.24, 2.45) is 5.92 Å². The monoisotopic (exact) mass is 350 g/mol. The van der Waals surface area contributed by atoms with Gasteiger partial charge in [0.15, 0.2) is 0 Å². The van der Waals surface area contributed by atoms with Gasteiger partial charge in [-0.1, -0.05) is 30.3 Å². The van der Waals surface area contributed by atoms with Gasteiger partial charge in [0.2, 0.25) is 0 Å². The first kappa shape index (κ1) is 19.1. The number of ether oxygens (including phenoxy) is 2. The van der Waals surface area contributed by atoms with E-state index in [4.69, 9.17) is 9.47 Å². The number of nitrogens with zero attached hydrogens (tertiary/aromatic N) is 1. The van der Waals surface area contributed by atoms with Crippen LogP contribution in [0.4, 0.5) is 9.59 Å². The lowest BCUT2D eigenvalue weighted by molar-refractivity contribution is 0.0270. The molecule has 1 unspecified atom stereocenters. The van der Waals surface area contributed by atoms with Gasteiger partial charge in [-0.3, -0.25) is 0 Å². The maximum absolute atomic E-state index is 12.0. The quantitative estimate of drug-likeness (QED) is 0.869. The molecular weight excluding hydrogens is 324 g/mol. The largest absolute Gasteiger partial charge is 0.445 e. The van der Waals surface area contributed by atoms with Crippen LogP contribution in [0, 0.1) is 5.92 Å². The summed E-state index contributed by atoms with van der Waals surface area (Å²) >= 11 is 0. The van der Waals surface area contributed by atoms with Gasteiger partial charge < -0.3 is 24.8 Å². The molecule has 0 saturated carbocycles. The zero-order valence-electron chi connectivity index (χ0n) is 14.9.